The number of aromatic carboxylic acids is 1. The summed E-state index contributed by atoms with van der Waals surface area (Å²) < 4.78 is 0. The standard InChI is InChI=1S/C17H18O2/c1-10-5-6-14(8-11(10)2)15-9-16(17(18)19)13(4)7-12(15)3/h5-9H,1-4H3,(H,18,19). The highest BCUT2D eigenvalue weighted by atomic mass is 16.4. The zero-order valence-corrected chi connectivity index (χ0v) is 11.7. The molecule has 1 N–H and O–H groups in total. The molecular weight excluding hydrogens is 236 g/mol. The third-order valence-corrected chi connectivity index (χ3v) is 3.62. The average Bonchev–Trinajstić information content (AvgIpc) is 2.32. The van der Waals surface area contributed by atoms with Gasteiger partial charge in [0.2, 0.25) is 0 Å². The number of hydrogen-bond donors (Lipinski definition) is 1. The van der Waals surface area contributed by atoms with E-state index in [0.717, 1.165) is 22.3 Å². The van der Waals surface area contributed by atoms with Gasteiger partial charge in [-0.1, -0.05) is 24.3 Å². The fourth-order valence-electron chi connectivity index (χ4n) is 2.30. The van der Waals surface area contributed by atoms with E-state index in [0.29, 0.717) is 5.56 Å². The molecular formula is C17H18O2. The molecule has 0 bridgehead atoms. The lowest BCUT2D eigenvalue weighted by Gasteiger charge is -2.11. The number of carboxylic acids is 1. The van der Waals surface area contributed by atoms with Crippen molar-refractivity contribution in [1.29, 1.82) is 0 Å². The lowest BCUT2D eigenvalue weighted by atomic mass is 9.93. The normalized spacial score (nSPS) is 10.5. The van der Waals surface area contributed by atoms with Crippen molar-refractivity contribution in [3.8, 4) is 11.1 Å². The predicted molar refractivity (Wildman–Crippen MR) is 77.8 cm³/mol. The van der Waals surface area contributed by atoms with Gasteiger partial charge in [0.25, 0.3) is 0 Å². The Morgan fingerprint density at radius 1 is 0.842 bits per heavy atom. The first kappa shape index (κ1) is 13.3. The van der Waals surface area contributed by atoms with Gasteiger partial charge in [0.1, 0.15) is 0 Å². The first-order chi connectivity index (χ1) is 8.90. The second-order valence-electron chi connectivity index (χ2n) is 5.09. The minimum Gasteiger partial charge on any atom is -0.478 e. The van der Waals surface area contributed by atoms with Crippen molar-refractivity contribution in [2.75, 3.05) is 0 Å². The van der Waals surface area contributed by atoms with Gasteiger partial charge in [-0.05, 0) is 67.1 Å². The summed E-state index contributed by atoms with van der Waals surface area (Å²) in [6, 6.07) is 9.94. The molecule has 0 amide bonds. The van der Waals surface area contributed by atoms with Crippen LogP contribution in [0.15, 0.2) is 30.3 Å². The maximum absolute atomic E-state index is 11.2. The zero-order chi connectivity index (χ0) is 14.2. The number of carboxylic acid groups (broad SMARTS) is 1. The van der Waals surface area contributed by atoms with Crippen LogP contribution in [0.3, 0.4) is 0 Å². The van der Waals surface area contributed by atoms with Crippen LogP contribution in [0.5, 0.6) is 0 Å². The topological polar surface area (TPSA) is 37.3 Å². The fraction of sp³-hybridized carbons (Fsp3) is 0.235. The molecule has 0 radical (unpaired) electrons. The van der Waals surface area contributed by atoms with Crippen molar-refractivity contribution in [1.82, 2.24) is 0 Å². The Bertz CT molecular complexity index is 655. The van der Waals surface area contributed by atoms with Gasteiger partial charge in [-0.3, -0.25) is 0 Å². The quantitative estimate of drug-likeness (QED) is 0.868. The highest BCUT2D eigenvalue weighted by Crippen LogP contribution is 2.28. The van der Waals surface area contributed by atoms with Gasteiger partial charge < -0.3 is 5.11 Å². The second kappa shape index (κ2) is 4.88. The van der Waals surface area contributed by atoms with Gasteiger partial charge in [0, 0.05) is 0 Å². The average molecular weight is 254 g/mol. The highest BCUT2D eigenvalue weighted by molar-refractivity contribution is 5.91. The van der Waals surface area contributed by atoms with Crippen LogP contribution >= 0.6 is 0 Å². The molecule has 2 aromatic carbocycles. The molecule has 2 nitrogen and oxygen atoms in total. The largest absolute Gasteiger partial charge is 0.478 e. The van der Waals surface area contributed by atoms with Crippen LogP contribution in [0, 0.1) is 27.7 Å². The summed E-state index contributed by atoms with van der Waals surface area (Å²) in [5, 5.41) is 9.23. The summed E-state index contributed by atoms with van der Waals surface area (Å²) in [5.41, 5.74) is 6.80. The third kappa shape index (κ3) is 2.53. The van der Waals surface area contributed by atoms with Gasteiger partial charge in [-0.15, -0.1) is 0 Å². The van der Waals surface area contributed by atoms with E-state index < -0.39 is 5.97 Å². The number of rotatable bonds is 2. The maximum atomic E-state index is 11.2. The molecule has 2 heteroatoms. The van der Waals surface area contributed by atoms with Crippen LogP contribution in [0.4, 0.5) is 0 Å². The molecule has 2 rings (SSSR count). The van der Waals surface area contributed by atoms with Crippen LogP contribution in [0.1, 0.15) is 32.6 Å². The fourth-order valence-corrected chi connectivity index (χ4v) is 2.30. The van der Waals surface area contributed by atoms with Gasteiger partial charge in [0.15, 0.2) is 0 Å². The monoisotopic (exact) mass is 254 g/mol. The molecule has 0 aromatic heterocycles. The molecule has 0 saturated carbocycles. The third-order valence-electron chi connectivity index (χ3n) is 3.62. The zero-order valence-electron chi connectivity index (χ0n) is 11.7. The minimum absolute atomic E-state index is 0.374. The van der Waals surface area contributed by atoms with Crippen molar-refractivity contribution in [3.63, 3.8) is 0 Å². The van der Waals surface area contributed by atoms with Crippen molar-refractivity contribution < 1.29 is 9.90 Å². The molecule has 0 fully saturated rings. The van der Waals surface area contributed by atoms with E-state index in [1.54, 1.807) is 6.07 Å². The maximum Gasteiger partial charge on any atom is 0.335 e. The SMILES string of the molecule is Cc1ccc(-c2cc(C(=O)O)c(C)cc2C)cc1C. The van der Waals surface area contributed by atoms with E-state index in [1.165, 1.54) is 11.1 Å². The highest BCUT2D eigenvalue weighted by Gasteiger charge is 2.12. The summed E-state index contributed by atoms with van der Waals surface area (Å²) in [4.78, 5) is 11.2. The smallest absolute Gasteiger partial charge is 0.335 e. The van der Waals surface area contributed by atoms with Gasteiger partial charge in [0.05, 0.1) is 5.56 Å². The summed E-state index contributed by atoms with van der Waals surface area (Å²) >= 11 is 0. The van der Waals surface area contributed by atoms with Gasteiger partial charge >= 0.3 is 5.97 Å². The molecule has 0 spiro atoms. The Labute approximate surface area is 113 Å². The van der Waals surface area contributed by atoms with E-state index in [2.05, 4.69) is 26.0 Å². The summed E-state index contributed by atoms with van der Waals surface area (Å²) in [6.45, 7) is 7.99. The van der Waals surface area contributed by atoms with Crippen molar-refractivity contribution in [2.45, 2.75) is 27.7 Å². The van der Waals surface area contributed by atoms with Crippen LogP contribution in [-0.4, -0.2) is 11.1 Å². The lowest BCUT2D eigenvalue weighted by Crippen LogP contribution is -2.01. The molecule has 0 atom stereocenters. The number of aryl methyl sites for hydroxylation is 4. The molecule has 0 aliphatic carbocycles. The van der Waals surface area contributed by atoms with Crippen molar-refractivity contribution >= 4 is 5.97 Å². The van der Waals surface area contributed by atoms with E-state index in [4.69, 9.17) is 0 Å². The van der Waals surface area contributed by atoms with Crippen molar-refractivity contribution in [3.05, 3.63) is 58.1 Å². The molecule has 2 aromatic rings. The Morgan fingerprint density at radius 3 is 2.11 bits per heavy atom. The number of hydrogen-bond acceptors (Lipinski definition) is 1. The van der Waals surface area contributed by atoms with Gasteiger partial charge in [-0.2, -0.15) is 0 Å². The van der Waals surface area contributed by atoms with E-state index in [-0.39, 0.29) is 0 Å². The molecule has 0 saturated heterocycles. The van der Waals surface area contributed by atoms with E-state index in [9.17, 15) is 9.90 Å². The van der Waals surface area contributed by atoms with Gasteiger partial charge in [-0.25, -0.2) is 4.79 Å². The van der Waals surface area contributed by atoms with E-state index in [1.807, 2.05) is 26.0 Å². The molecule has 0 aliphatic rings. The minimum atomic E-state index is -0.873. The van der Waals surface area contributed by atoms with Crippen LogP contribution in [0.25, 0.3) is 11.1 Å². The summed E-state index contributed by atoms with van der Waals surface area (Å²) in [6.07, 6.45) is 0. The molecule has 0 aliphatic heterocycles. The Morgan fingerprint density at radius 2 is 1.53 bits per heavy atom. The summed E-state index contributed by atoms with van der Waals surface area (Å²) in [5.74, 6) is -0.873. The van der Waals surface area contributed by atoms with Crippen LogP contribution in [-0.2, 0) is 0 Å². The van der Waals surface area contributed by atoms with Crippen LogP contribution < -0.4 is 0 Å². The molecule has 0 heterocycles. The Balaban J connectivity index is 2.64. The number of carbonyl (C=O) groups is 1. The molecule has 98 valence electrons. The predicted octanol–water partition coefficient (Wildman–Crippen LogP) is 4.29. The first-order valence-electron chi connectivity index (χ1n) is 6.32. The first-order valence-corrected chi connectivity index (χ1v) is 6.32. The Hall–Kier alpha value is -2.09. The van der Waals surface area contributed by atoms with Crippen molar-refractivity contribution in [2.24, 2.45) is 0 Å². The van der Waals surface area contributed by atoms with E-state index >= 15 is 0 Å². The van der Waals surface area contributed by atoms with Crippen LogP contribution in [0.2, 0.25) is 0 Å². The Kier molecular flexibility index (Phi) is 3.43. The summed E-state index contributed by atoms with van der Waals surface area (Å²) in [7, 11) is 0. The molecule has 19 heavy (non-hydrogen) atoms. The second-order valence-corrected chi connectivity index (χ2v) is 5.09. The molecule has 0 unspecified atom stereocenters. The lowest BCUT2D eigenvalue weighted by molar-refractivity contribution is 0.0696. The number of benzene rings is 2.